The van der Waals surface area contributed by atoms with Crippen LogP contribution in [0, 0.1) is 27.6 Å². The first-order valence-electron chi connectivity index (χ1n) is 6.18. The van der Waals surface area contributed by atoms with E-state index >= 15 is 0 Å². The van der Waals surface area contributed by atoms with Gasteiger partial charge in [0.05, 0.1) is 17.6 Å². The number of nitrogens with one attached hydrogen (secondary N) is 1. The molecule has 0 fully saturated rings. The highest BCUT2D eigenvalue weighted by molar-refractivity contribution is 5.50. The van der Waals surface area contributed by atoms with Gasteiger partial charge in [-0.05, 0) is 29.8 Å². The van der Waals surface area contributed by atoms with E-state index in [0.29, 0.717) is 5.69 Å². The summed E-state index contributed by atoms with van der Waals surface area (Å²) in [5.41, 5.74) is 0.289. The number of nitrogens with zero attached hydrogens (tertiary/aromatic N) is 1. The maximum atomic E-state index is 13.2. The molecule has 5 nitrogen and oxygen atoms in total. The number of nitro groups is 1. The molecule has 2 aromatic carbocycles. The number of non-ortho nitro benzene ring substituents is 1. The minimum Gasteiger partial charge on any atom is -0.394 e. The molecule has 0 bridgehead atoms. The smallest absolute Gasteiger partial charge is 0.269 e. The highest BCUT2D eigenvalue weighted by atomic mass is 19.2. The van der Waals surface area contributed by atoms with Gasteiger partial charge in [-0.25, -0.2) is 13.2 Å². The largest absolute Gasteiger partial charge is 0.394 e. The lowest BCUT2D eigenvalue weighted by Gasteiger charge is -2.18. The lowest BCUT2D eigenvalue weighted by Crippen LogP contribution is -2.16. The molecule has 0 aliphatic heterocycles. The van der Waals surface area contributed by atoms with Gasteiger partial charge in [0.1, 0.15) is 0 Å². The lowest BCUT2D eigenvalue weighted by molar-refractivity contribution is -0.384. The van der Waals surface area contributed by atoms with E-state index in [9.17, 15) is 28.4 Å². The van der Waals surface area contributed by atoms with Crippen molar-refractivity contribution in [1.82, 2.24) is 0 Å². The van der Waals surface area contributed by atoms with Crippen LogP contribution in [-0.2, 0) is 0 Å². The molecule has 2 N–H and O–H groups in total. The van der Waals surface area contributed by atoms with Gasteiger partial charge in [0.15, 0.2) is 17.5 Å². The summed E-state index contributed by atoms with van der Waals surface area (Å²) >= 11 is 0. The first-order valence-corrected chi connectivity index (χ1v) is 6.18. The van der Waals surface area contributed by atoms with Crippen LogP contribution < -0.4 is 5.32 Å². The summed E-state index contributed by atoms with van der Waals surface area (Å²) in [6.45, 7) is -0.512. The molecule has 0 saturated carbocycles. The summed E-state index contributed by atoms with van der Waals surface area (Å²) in [6.07, 6.45) is 0. The summed E-state index contributed by atoms with van der Waals surface area (Å²) in [5, 5.41) is 22.6. The predicted octanol–water partition coefficient (Wildman–Crippen LogP) is 3.16. The highest BCUT2D eigenvalue weighted by Gasteiger charge is 2.17. The number of nitro benzene ring substituents is 1. The van der Waals surface area contributed by atoms with Crippen molar-refractivity contribution in [1.29, 1.82) is 0 Å². The first kappa shape index (κ1) is 15.8. The van der Waals surface area contributed by atoms with Gasteiger partial charge in [-0.2, -0.15) is 0 Å². The Balaban J connectivity index is 2.23. The number of aliphatic hydroxyl groups excluding tert-OH is 1. The van der Waals surface area contributed by atoms with Gasteiger partial charge in [-0.3, -0.25) is 10.1 Å². The van der Waals surface area contributed by atoms with E-state index in [-0.39, 0.29) is 11.3 Å². The molecule has 116 valence electrons. The second kappa shape index (κ2) is 6.44. The number of aliphatic hydroxyl groups is 1. The Morgan fingerprint density at radius 3 is 2.14 bits per heavy atom. The van der Waals surface area contributed by atoms with Gasteiger partial charge in [0.25, 0.3) is 5.69 Å². The molecule has 0 heterocycles. The minimum atomic E-state index is -1.59. The van der Waals surface area contributed by atoms with E-state index < -0.39 is 35.0 Å². The fourth-order valence-corrected chi connectivity index (χ4v) is 1.89. The van der Waals surface area contributed by atoms with Crippen LogP contribution in [0.3, 0.4) is 0 Å². The Morgan fingerprint density at radius 2 is 1.68 bits per heavy atom. The van der Waals surface area contributed by atoms with Crippen molar-refractivity contribution in [3.05, 3.63) is 69.5 Å². The Bertz CT molecular complexity index is 669. The molecule has 0 aliphatic rings. The summed E-state index contributed by atoms with van der Waals surface area (Å²) in [7, 11) is 0. The number of anilines is 1. The van der Waals surface area contributed by atoms with E-state index in [1.165, 1.54) is 24.3 Å². The van der Waals surface area contributed by atoms with Crippen molar-refractivity contribution in [3.63, 3.8) is 0 Å². The zero-order chi connectivity index (χ0) is 16.3. The van der Waals surface area contributed by atoms with Crippen molar-refractivity contribution in [2.75, 3.05) is 11.9 Å². The molecule has 2 rings (SSSR count). The van der Waals surface area contributed by atoms with Crippen molar-refractivity contribution in [2.24, 2.45) is 0 Å². The maximum Gasteiger partial charge on any atom is 0.269 e. The second-order valence-corrected chi connectivity index (χ2v) is 4.48. The summed E-state index contributed by atoms with van der Waals surface area (Å²) in [4.78, 5) is 9.97. The van der Waals surface area contributed by atoms with Gasteiger partial charge in [-0.15, -0.1) is 0 Å². The van der Waals surface area contributed by atoms with E-state index in [2.05, 4.69) is 5.32 Å². The zero-order valence-electron chi connectivity index (χ0n) is 11.1. The molecule has 22 heavy (non-hydrogen) atoms. The first-order chi connectivity index (χ1) is 10.4. The molecule has 0 amide bonds. The summed E-state index contributed by atoms with van der Waals surface area (Å²) in [6, 6.07) is 5.90. The fourth-order valence-electron chi connectivity index (χ4n) is 1.89. The van der Waals surface area contributed by atoms with Crippen molar-refractivity contribution >= 4 is 11.4 Å². The Labute approximate surface area is 123 Å². The number of rotatable bonds is 5. The van der Waals surface area contributed by atoms with Gasteiger partial charge < -0.3 is 10.4 Å². The van der Waals surface area contributed by atoms with E-state index in [4.69, 9.17) is 0 Å². The quantitative estimate of drug-likeness (QED) is 0.505. The summed E-state index contributed by atoms with van der Waals surface area (Å²) in [5.74, 6) is -4.31. The molecule has 0 radical (unpaired) electrons. The molecule has 0 aromatic heterocycles. The fraction of sp³-hybridized carbons (Fsp3) is 0.143. The molecular formula is C14H11F3N2O3. The van der Waals surface area contributed by atoms with Gasteiger partial charge in [0.2, 0.25) is 0 Å². The standard InChI is InChI=1S/C14H11F3N2O3/c15-11-5-8(6-12(16)14(11)17)13(7-20)18-9-1-3-10(4-2-9)19(21)22/h1-6,13,18,20H,7H2/t13-/m1/s1. The van der Waals surface area contributed by atoms with Crippen molar-refractivity contribution < 1.29 is 23.2 Å². The van der Waals surface area contributed by atoms with Crippen molar-refractivity contribution in [3.8, 4) is 0 Å². The average molecular weight is 312 g/mol. The molecule has 0 saturated heterocycles. The normalized spacial score (nSPS) is 12.0. The van der Waals surface area contributed by atoms with Crippen LogP contribution in [0.1, 0.15) is 11.6 Å². The minimum absolute atomic E-state index is 0.0113. The van der Waals surface area contributed by atoms with Gasteiger partial charge in [-0.1, -0.05) is 0 Å². The third kappa shape index (κ3) is 3.34. The summed E-state index contributed by atoms with van der Waals surface area (Å²) < 4.78 is 39.4. The Hall–Kier alpha value is -2.61. The van der Waals surface area contributed by atoms with Gasteiger partial charge >= 0.3 is 0 Å². The molecule has 0 spiro atoms. The average Bonchev–Trinajstić information content (AvgIpc) is 2.50. The zero-order valence-corrected chi connectivity index (χ0v) is 11.1. The highest BCUT2D eigenvalue weighted by Crippen LogP contribution is 2.24. The van der Waals surface area contributed by atoms with Crippen LogP contribution >= 0.6 is 0 Å². The Kier molecular flexibility index (Phi) is 4.62. The molecule has 0 unspecified atom stereocenters. The van der Waals surface area contributed by atoms with E-state index in [1.807, 2.05) is 0 Å². The predicted molar refractivity (Wildman–Crippen MR) is 72.9 cm³/mol. The monoisotopic (exact) mass is 312 g/mol. The van der Waals surface area contributed by atoms with Gasteiger partial charge in [0, 0.05) is 17.8 Å². The molecule has 1 atom stereocenters. The molecule has 2 aromatic rings. The number of hydrogen-bond donors (Lipinski definition) is 2. The van der Waals surface area contributed by atoms with Crippen LogP contribution in [0.2, 0.25) is 0 Å². The van der Waals surface area contributed by atoms with Crippen molar-refractivity contribution in [2.45, 2.75) is 6.04 Å². The third-order valence-corrected chi connectivity index (χ3v) is 3.01. The number of hydrogen-bond acceptors (Lipinski definition) is 4. The molecular weight excluding hydrogens is 301 g/mol. The topological polar surface area (TPSA) is 75.4 Å². The van der Waals surface area contributed by atoms with Crippen LogP contribution in [0.4, 0.5) is 24.5 Å². The number of halogens is 3. The third-order valence-electron chi connectivity index (χ3n) is 3.01. The second-order valence-electron chi connectivity index (χ2n) is 4.48. The SMILES string of the molecule is O=[N+]([O-])c1ccc(N[C@H](CO)c2cc(F)c(F)c(F)c2)cc1. The molecule has 8 heteroatoms. The molecule has 0 aliphatic carbocycles. The van der Waals surface area contributed by atoms with E-state index in [0.717, 1.165) is 12.1 Å². The van der Waals surface area contributed by atoms with Crippen LogP contribution in [0.15, 0.2) is 36.4 Å². The Morgan fingerprint density at radius 1 is 1.14 bits per heavy atom. The number of benzene rings is 2. The van der Waals surface area contributed by atoms with Crippen LogP contribution in [-0.4, -0.2) is 16.6 Å². The van der Waals surface area contributed by atoms with Crippen LogP contribution in [0.5, 0.6) is 0 Å². The maximum absolute atomic E-state index is 13.2. The lowest BCUT2D eigenvalue weighted by atomic mass is 10.1. The van der Waals surface area contributed by atoms with E-state index in [1.54, 1.807) is 0 Å². The van der Waals surface area contributed by atoms with Crippen LogP contribution in [0.25, 0.3) is 0 Å².